The predicted octanol–water partition coefficient (Wildman–Crippen LogP) is 2.83. The summed E-state index contributed by atoms with van der Waals surface area (Å²) in [5.74, 6) is -0.358. The summed E-state index contributed by atoms with van der Waals surface area (Å²) >= 11 is 0. The molecule has 14 heavy (non-hydrogen) atoms. The average Bonchev–Trinajstić information content (AvgIpc) is 2.15. The second-order valence-corrected chi connectivity index (χ2v) is 3.55. The van der Waals surface area contributed by atoms with E-state index in [2.05, 4.69) is 5.32 Å². The molecule has 0 saturated carbocycles. The van der Waals surface area contributed by atoms with Crippen LogP contribution >= 0.6 is 0 Å². The van der Waals surface area contributed by atoms with Gasteiger partial charge in [-0.05, 0) is 6.07 Å². The van der Waals surface area contributed by atoms with Gasteiger partial charge in [0.1, 0.15) is 12.5 Å². The number of hydrogen-bond acceptors (Lipinski definition) is 1. The van der Waals surface area contributed by atoms with Crippen molar-refractivity contribution in [2.45, 2.75) is 25.9 Å². The molecule has 1 rings (SSSR count). The molecular weight excluding hydrogens is 184 g/mol. The Bertz CT molecular complexity index is 286. The molecule has 1 N–H and O–H groups in total. The van der Waals surface area contributed by atoms with Crippen LogP contribution in [-0.2, 0) is 0 Å². The van der Waals surface area contributed by atoms with E-state index < -0.39 is 12.7 Å². The number of benzene rings is 1. The van der Waals surface area contributed by atoms with Gasteiger partial charge in [-0.1, -0.05) is 32.0 Å². The lowest BCUT2D eigenvalue weighted by molar-refractivity contribution is 0.353. The molecule has 1 aromatic carbocycles. The Morgan fingerprint density at radius 3 is 2.43 bits per heavy atom. The summed E-state index contributed by atoms with van der Waals surface area (Å²) in [6, 6.07) is 5.85. The van der Waals surface area contributed by atoms with E-state index in [9.17, 15) is 8.78 Å². The van der Waals surface area contributed by atoms with Gasteiger partial charge in [-0.25, -0.2) is 8.78 Å². The van der Waals surface area contributed by atoms with Crippen LogP contribution in [0.15, 0.2) is 24.3 Å². The molecule has 0 heterocycles. The van der Waals surface area contributed by atoms with Crippen molar-refractivity contribution in [2.75, 3.05) is 6.67 Å². The normalized spacial score (nSPS) is 13.2. The van der Waals surface area contributed by atoms with E-state index in [1.54, 1.807) is 18.2 Å². The summed E-state index contributed by atoms with van der Waals surface area (Å²) in [6.07, 6.45) is 0. The maximum Gasteiger partial charge on any atom is 0.128 e. The first-order valence-electron chi connectivity index (χ1n) is 4.71. The molecule has 1 aromatic rings. The van der Waals surface area contributed by atoms with E-state index in [0.717, 1.165) is 0 Å². The Kier molecular flexibility index (Phi) is 4.01. The molecule has 1 nitrogen and oxygen atoms in total. The number of alkyl halides is 1. The van der Waals surface area contributed by atoms with Crippen LogP contribution in [0.5, 0.6) is 0 Å². The second-order valence-electron chi connectivity index (χ2n) is 3.55. The minimum Gasteiger partial charge on any atom is -0.305 e. The SMILES string of the molecule is CC(C)NC(CF)c1ccccc1F. The monoisotopic (exact) mass is 199 g/mol. The molecule has 1 unspecified atom stereocenters. The smallest absolute Gasteiger partial charge is 0.128 e. The van der Waals surface area contributed by atoms with E-state index in [1.807, 2.05) is 13.8 Å². The minimum atomic E-state index is -0.598. The first-order chi connectivity index (χ1) is 6.65. The largest absolute Gasteiger partial charge is 0.305 e. The molecule has 78 valence electrons. The van der Waals surface area contributed by atoms with Gasteiger partial charge in [0.2, 0.25) is 0 Å². The number of rotatable bonds is 4. The summed E-state index contributed by atoms with van der Waals surface area (Å²) in [5.41, 5.74) is 0.392. The number of hydrogen-bond donors (Lipinski definition) is 1. The van der Waals surface area contributed by atoms with Crippen molar-refractivity contribution in [2.24, 2.45) is 0 Å². The predicted molar refractivity (Wildman–Crippen MR) is 53.4 cm³/mol. The summed E-state index contributed by atoms with van der Waals surface area (Å²) < 4.78 is 25.9. The van der Waals surface area contributed by atoms with E-state index in [4.69, 9.17) is 0 Å². The van der Waals surface area contributed by atoms with Crippen LogP contribution < -0.4 is 5.32 Å². The summed E-state index contributed by atoms with van der Waals surface area (Å²) in [5, 5.41) is 2.97. The molecule has 0 spiro atoms. The van der Waals surface area contributed by atoms with Gasteiger partial charge in [0, 0.05) is 11.6 Å². The van der Waals surface area contributed by atoms with Crippen molar-refractivity contribution in [1.29, 1.82) is 0 Å². The first-order valence-corrected chi connectivity index (χ1v) is 4.71. The fourth-order valence-corrected chi connectivity index (χ4v) is 1.38. The molecule has 0 aliphatic heterocycles. The van der Waals surface area contributed by atoms with Gasteiger partial charge in [0.05, 0.1) is 6.04 Å². The van der Waals surface area contributed by atoms with Gasteiger partial charge in [-0.2, -0.15) is 0 Å². The Morgan fingerprint density at radius 1 is 1.29 bits per heavy atom. The molecule has 1 atom stereocenters. The van der Waals surface area contributed by atoms with Gasteiger partial charge < -0.3 is 5.32 Å². The molecule has 0 aliphatic rings. The maximum atomic E-state index is 13.3. The van der Waals surface area contributed by atoms with Crippen molar-refractivity contribution in [3.8, 4) is 0 Å². The molecule has 0 bridgehead atoms. The van der Waals surface area contributed by atoms with E-state index in [1.165, 1.54) is 6.07 Å². The Labute approximate surface area is 83.1 Å². The fraction of sp³-hybridized carbons (Fsp3) is 0.455. The highest BCUT2D eigenvalue weighted by Crippen LogP contribution is 2.17. The molecule has 0 amide bonds. The third-order valence-corrected chi connectivity index (χ3v) is 1.97. The second kappa shape index (κ2) is 5.05. The van der Waals surface area contributed by atoms with Crippen LogP contribution in [0.3, 0.4) is 0 Å². The standard InChI is InChI=1S/C11H15F2N/c1-8(2)14-11(7-12)9-5-3-4-6-10(9)13/h3-6,8,11,14H,7H2,1-2H3. The first kappa shape index (κ1) is 11.1. The topological polar surface area (TPSA) is 12.0 Å². The summed E-state index contributed by atoms with van der Waals surface area (Å²) in [4.78, 5) is 0. The summed E-state index contributed by atoms with van der Waals surface area (Å²) in [6.45, 7) is 3.21. The number of halogens is 2. The highest BCUT2D eigenvalue weighted by atomic mass is 19.1. The molecule has 0 radical (unpaired) electrons. The zero-order valence-electron chi connectivity index (χ0n) is 8.43. The lowest BCUT2D eigenvalue weighted by Crippen LogP contribution is -2.30. The summed E-state index contributed by atoms with van der Waals surface area (Å²) in [7, 11) is 0. The fourth-order valence-electron chi connectivity index (χ4n) is 1.38. The lowest BCUT2D eigenvalue weighted by atomic mass is 10.1. The molecule has 3 heteroatoms. The Balaban J connectivity index is 2.83. The molecule has 0 saturated heterocycles. The molecule has 0 aliphatic carbocycles. The number of nitrogens with one attached hydrogen (secondary N) is 1. The molecular formula is C11H15F2N. The van der Waals surface area contributed by atoms with Gasteiger partial charge in [-0.3, -0.25) is 0 Å². The highest BCUT2D eigenvalue weighted by molar-refractivity contribution is 5.21. The van der Waals surface area contributed by atoms with Crippen molar-refractivity contribution in [3.05, 3.63) is 35.6 Å². The minimum absolute atomic E-state index is 0.135. The molecule has 0 aromatic heterocycles. The van der Waals surface area contributed by atoms with Gasteiger partial charge in [0.25, 0.3) is 0 Å². The van der Waals surface area contributed by atoms with Crippen LogP contribution in [0.4, 0.5) is 8.78 Å². The van der Waals surface area contributed by atoms with E-state index >= 15 is 0 Å². The lowest BCUT2D eigenvalue weighted by Gasteiger charge is -2.18. The van der Waals surface area contributed by atoms with Crippen molar-refractivity contribution < 1.29 is 8.78 Å². The third kappa shape index (κ3) is 2.77. The van der Waals surface area contributed by atoms with Crippen LogP contribution in [0.25, 0.3) is 0 Å². The van der Waals surface area contributed by atoms with Gasteiger partial charge >= 0.3 is 0 Å². The van der Waals surface area contributed by atoms with Crippen molar-refractivity contribution >= 4 is 0 Å². The molecule has 0 fully saturated rings. The van der Waals surface area contributed by atoms with Crippen LogP contribution in [0.1, 0.15) is 25.5 Å². The Hall–Kier alpha value is -0.960. The van der Waals surface area contributed by atoms with Crippen molar-refractivity contribution in [3.63, 3.8) is 0 Å². The van der Waals surface area contributed by atoms with Crippen LogP contribution in [-0.4, -0.2) is 12.7 Å². The van der Waals surface area contributed by atoms with Crippen LogP contribution in [0, 0.1) is 5.82 Å². The third-order valence-electron chi connectivity index (χ3n) is 1.97. The Morgan fingerprint density at radius 2 is 1.93 bits per heavy atom. The highest BCUT2D eigenvalue weighted by Gasteiger charge is 2.15. The maximum absolute atomic E-state index is 13.3. The van der Waals surface area contributed by atoms with Gasteiger partial charge in [0.15, 0.2) is 0 Å². The quantitative estimate of drug-likeness (QED) is 0.786. The zero-order chi connectivity index (χ0) is 10.6. The van der Waals surface area contributed by atoms with Gasteiger partial charge in [-0.15, -0.1) is 0 Å². The van der Waals surface area contributed by atoms with Crippen molar-refractivity contribution in [1.82, 2.24) is 5.32 Å². The van der Waals surface area contributed by atoms with Crippen LogP contribution in [0.2, 0.25) is 0 Å². The zero-order valence-corrected chi connectivity index (χ0v) is 8.43. The average molecular weight is 199 g/mol. The van der Waals surface area contributed by atoms with E-state index in [-0.39, 0.29) is 11.9 Å². The van der Waals surface area contributed by atoms with E-state index in [0.29, 0.717) is 5.56 Å².